The summed E-state index contributed by atoms with van der Waals surface area (Å²) in [5.74, 6) is -0.865. The van der Waals surface area contributed by atoms with E-state index >= 15 is 0 Å². The smallest absolute Gasteiger partial charge is 0.335 e. The molecule has 0 saturated heterocycles. The highest BCUT2D eigenvalue weighted by atomic mass is 16.4. The van der Waals surface area contributed by atoms with Gasteiger partial charge in [0.2, 0.25) is 0 Å². The van der Waals surface area contributed by atoms with E-state index in [2.05, 4.69) is 0 Å². The summed E-state index contributed by atoms with van der Waals surface area (Å²) in [6.45, 7) is 3.76. The Labute approximate surface area is 66.0 Å². The standard InChI is InChI=1S/C8H14O3/c1-5-3-6(2)8(11,4-5)7(9)10/h5-6,11H,3-4H2,1-2H3,(H,9,10). The number of carbonyl (C=O) groups is 1. The molecular weight excluding hydrogens is 144 g/mol. The van der Waals surface area contributed by atoms with Gasteiger partial charge in [0, 0.05) is 0 Å². The third kappa shape index (κ3) is 1.25. The van der Waals surface area contributed by atoms with Gasteiger partial charge in [-0.1, -0.05) is 13.8 Å². The molecule has 0 aromatic rings. The van der Waals surface area contributed by atoms with E-state index in [4.69, 9.17) is 5.11 Å². The molecule has 2 N–H and O–H groups in total. The van der Waals surface area contributed by atoms with E-state index in [1.165, 1.54) is 0 Å². The SMILES string of the molecule is CC1CC(C)C(O)(C(=O)O)C1. The fourth-order valence-corrected chi connectivity index (χ4v) is 1.91. The number of rotatable bonds is 1. The Morgan fingerprint density at radius 2 is 2.09 bits per heavy atom. The second-order valence-electron chi connectivity index (χ2n) is 3.68. The molecule has 11 heavy (non-hydrogen) atoms. The van der Waals surface area contributed by atoms with Gasteiger partial charge in [0.1, 0.15) is 0 Å². The van der Waals surface area contributed by atoms with Gasteiger partial charge in [-0.25, -0.2) is 4.79 Å². The Bertz CT molecular complexity index is 178. The summed E-state index contributed by atoms with van der Waals surface area (Å²) < 4.78 is 0. The molecule has 0 radical (unpaired) electrons. The lowest BCUT2D eigenvalue weighted by molar-refractivity contribution is -0.161. The second-order valence-corrected chi connectivity index (χ2v) is 3.68. The minimum Gasteiger partial charge on any atom is -0.479 e. The van der Waals surface area contributed by atoms with Gasteiger partial charge < -0.3 is 10.2 Å². The van der Waals surface area contributed by atoms with E-state index in [0.717, 1.165) is 6.42 Å². The zero-order chi connectivity index (χ0) is 8.65. The molecule has 64 valence electrons. The third-order valence-corrected chi connectivity index (χ3v) is 2.60. The fourth-order valence-electron chi connectivity index (χ4n) is 1.91. The van der Waals surface area contributed by atoms with E-state index in [9.17, 15) is 9.90 Å². The van der Waals surface area contributed by atoms with Crippen LogP contribution < -0.4 is 0 Å². The molecule has 1 rings (SSSR count). The molecule has 1 saturated carbocycles. The summed E-state index contributed by atoms with van der Waals surface area (Å²) >= 11 is 0. The van der Waals surface area contributed by atoms with Crippen molar-refractivity contribution in [1.29, 1.82) is 0 Å². The third-order valence-electron chi connectivity index (χ3n) is 2.60. The topological polar surface area (TPSA) is 57.5 Å². The first kappa shape index (κ1) is 8.53. The number of hydrogen-bond donors (Lipinski definition) is 2. The Hall–Kier alpha value is -0.570. The number of carboxylic acid groups (broad SMARTS) is 1. The molecule has 1 fully saturated rings. The van der Waals surface area contributed by atoms with Crippen molar-refractivity contribution in [2.45, 2.75) is 32.3 Å². The van der Waals surface area contributed by atoms with Crippen LogP contribution in [0, 0.1) is 11.8 Å². The Morgan fingerprint density at radius 1 is 1.55 bits per heavy atom. The first-order valence-corrected chi connectivity index (χ1v) is 3.92. The molecular formula is C8H14O3. The lowest BCUT2D eigenvalue weighted by Gasteiger charge is -2.21. The fraction of sp³-hybridized carbons (Fsp3) is 0.875. The van der Waals surface area contributed by atoms with E-state index in [0.29, 0.717) is 12.3 Å². The summed E-state index contributed by atoms with van der Waals surface area (Å²) in [6.07, 6.45) is 1.20. The molecule has 0 amide bonds. The molecule has 0 aliphatic heterocycles. The normalized spacial score (nSPS) is 44.3. The summed E-state index contributed by atoms with van der Waals surface area (Å²) in [7, 11) is 0. The van der Waals surface area contributed by atoms with Gasteiger partial charge in [0.15, 0.2) is 5.60 Å². The average molecular weight is 158 g/mol. The van der Waals surface area contributed by atoms with E-state index < -0.39 is 11.6 Å². The van der Waals surface area contributed by atoms with Crippen LogP contribution in [0.2, 0.25) is 0 Å². The highest BCUT2D eigenvalue weighted by Crippen LogP contribution is 2.39. The molecule has 0 aromatic heterocycles. The van der Waals surface area contributed by atoms with Crippen LogP contribution in [0.3, 0.4) is 0 Å². The Kier molecular flexibility index (Phi) is 1.92. The number of aliphatic hydroxyl groups is 1. The van der Waals surface area contributed by atoms with Crippen molar-refractivity contribution < 1.29 is 15.0 Å². The zero-order valence-corrected chi connectivity index (χ0v) is 6.87. The van der Waals surface area contributed by atoms with Crippen molar-refractivity contribution in [3.63, 3.8) is 0 Å². The molecule has 1 aliphatic rings. The number of hydrogen-bond acceptors (Lipinski definition) is 2. The maximum absolute atomic E-state index is 10.6. The van der Waals surface area contributed by atoms with Gasteiger partial charge in [-0.3, -0.25) is 0 Å². The quantitative estimate of drug-likeness (QED) is 0.595. The first-order valence-electron chi connectivity index (χ1n) is 3.92. The van der Waals surface area contributed by atoms with Crippen LogP contribution in [0.15, 0.2) is 0 Å². The highest BCUT2D eigenvalue weighted by molar-refractivity contribution is 5.78. The Balaban J connectivity index is 2.79. The average Bonchev–Trinajstić information content (AvgIpc) is 2.08. The molecule has 3 heteroatoms. The van der Waals surface area contributed by atoms with Crippen LogP contribution in [-0.2, 0) is 4.79 Å². The summed E-state index contributed by atoms with van der Waals surface area (Å²) in [6, 6.07) is 0. The van der Waals surface area contributed by atoms with Gasteiger partial charge >= 0.3 is 5.97 Å². The van der Waals surface area contributed by atoms with Crippen molar-refractivity contribution in [2.75, 3.05) is 0 Å². The van der Waals surface area contributed by atoms with E-state index in [1.54, 1.807) is 6.92 Å². The summed E-state index contributed by atoms with van der Waals surface area (Å²) in [5.41, 5.74) is -1.46. The minimum atomic E-state index is -1.46. The predicted molar refractivity (Wildman–Crippen MR) is 40.1 cm³/mol. The summed E-state index contributed by atoms with van der Waals surface area (Å²) in [4.78, 5) is 10.6. The zero-order valence-electron chi connectivity index (χ0n) is 6.87. The lowest BCUT2D eigenvalue weighted by atomic mass is 9.93. The lowest BCUT2D eigenvalue weighted by Crippen LogP contribution is -2.40. The van der Waals surface area contributed by atoms with Crippen LogP contribution >= 0.6 is 0 Å². The molecule has 0 aromatic carbocycles. The molecule has 3 unspecified atom stereocenters. The highest BCUT2D eigenvalue weighted by Gasteiger charge is 2.47. The minimum absolute atomic E-state index is 0.116. The van der Waals surface area contributed by atoms with Gasteiger partial charge in [0.25, 0.3) is 0 Å². The van der Waals surface area contributed by atoms with Gasteiger partial charge in [-0.2, -0.15) is 0 Å². The number of carboxylic acids is 1. The Morgan fingerprint density at radius 3 is 2.27 bits per heavy atom. The monoisotopic (exact) mass is 158 g/mol. The molecule has 3 atom stereocenters. The van der Waals surface area contributed by atoms with Crippen LogP contribution in [0.25, 0.3) is 0 Å². The van der Waals surface area contributed by atoms with Crippen molar-refractivity contribution >= 4 is 5.97 Å². The van der Waals surface area contributed by atoms with E-state index in [1.807, 2.05) is 6.92 Å². The van der Waals surface area contributed by atoms with Crippen LogP contribution in [0.5, 0.6) is 0 Å². The molecule has 0 spiro atoms. The van der Waals surface area contributed by atoms with Crippen molar-refractivity contribution in [3.05, 3.63) is 0 Å². The largest absolute Gasteiger partial charge is 0.479 e. The number of aliphatic carboxylic acids is 1. The summed E-state index contributed by atoms with van der Waals surface area (Å²) in [5, 5.41) is 18.3. The van der Waals surface area contributed by atoms with Gasteiger partial charge in [-0.05, 0) is 24.7 Å². The molecule has 0 heterocycles. The van der Waals surface area contributed by atoms with Crippen molar-refractivity contribution in [3.8, 4) is 0 Å². The van der Waals surface area contributed by atoms with Gasteiger partial charge in [-0.15, -0.1) is 0 Å². The van der Waals surface area contributed by atoms with E-state index in [-0.39, 0.29) is 5.92 Å². The first-order chi connectivity index (χ1) is 4.97. The van der Waals surface area contributed by atoms with Crippen LogP contribution in [-0.4, -0.2) is 21.8 Å². The second kappa shape index (κ2) is 2.48. The molecule has 0 bridgehead atoms. The van der Waals surface area contributed by atoms with Crippen LogP contribution in [0.4, 0.5) is 0 Å². The van der Waals surface area contributed by atoms with Gasteiger partial charge in [0.05, 0.1) is 0 Å². The maximum Gasteiger partial charge on any atom is 0.335 e. The van der Waals surface area contributed by atoms with Crippen LogP contribution in [0.1, 0.15) is 26.7 Å². The molecule has 3 nitrogen and oxygen atoms in total. The molecule has 1 aliphatic carbocycles. The van der Waals surface area contributed by atoms with Crippen molar-refractivity contribution in [1.82, 2.24) is 0 Å². The van der Waals surface area contributed by atoms with Crippen molar-refractivity contribution in [2.24, 2.45) is 11.8 Å². The predicted octanol–water partition coefficient (Wildman–Crippen LogP) is 0.868. The maximum atomic E-state index is 10.6.